The molecule has 88 valence electrons. The summed E-state index contributed by atoms with van der Waals surface area (Å²) in [7, 11) is 0. The molecule has 0 atom stereocenters. The second-order valence-corrected chi connectivity index (χ2v) is 9.82. The molecule has 0 aromatic heterocycles. The highest BCUT2D eigenvalue weighted by atomic mass is 32.4. The van der Waals surface area contributed by atoms with Gasteiger partial charge in [-0.1, -0.05) is 50.3 Å². The van der Waals surface area contributed by atoms with E-state index in [1.54, 1.807) is 0 Å². The van der Waals surface area contributed by atoms with Crippen molar-refractivity contribution in [1.82, 2.24) is 0 Å². The predicted octanol–water partition coefficient (Wildman–Crippen LogP) is 4.04. The lowest BCUT2D eigenvalue weighted by molar-refractivity contribution is 0.445. The second-order valence-electron chi connectivity index (χ2n) is 5.26. The van der Waals surface area contributed by atoms with E-state index >= 15 is 0 Å². The number of rotatable bonds is 2. The maximum absolute atomic E-state index is 10.7. The van der Waals surface area contributed by atoms with Crippen molar-refractivity contribution in [3.8, 4) is 0 Å². The zero-order valence-electron chi connectivity index (χ0n) is 9.53. The summed E-state index contributed by atoms with van der Waals surface area (Å²) >= 11 is 5.65. The van der Waals surface area contributed by atoms with Gasteiger partial charge in [0.15, 0.2) is 0 Å². The molecule has 2 saturated carbocycles. The molecule has 0 heterocycles. The Balaban J connectivity index is 1.99. The fourth-order valence-electron chi connectivity index (χ4n) is 3.20. The summed E-state index contributed by atoms with van der Waals surface area (Å²) in [6.45, 7) is 0. The highest BCUT2D eigenvalue weighted by Gasteiger charge is 2.35. The fraction of sp³-hybridized carbons (Fsp3) is 1.00. The van der Waals surface area contributed by atoms with Gasteiger partial charge in [-0.05, 0) is 25.7 Å². The van der Waals surface area contributed by atoms with Crippen molar-refractivity contribution in [2.45, 2.75) is 75.5 Å². The average Bonchev–Trinajstić information content (AvgIpc) is 2.31. The maximum Gasteiger partial charge on any atom is 0.0694 e. The summed E-state index contributed by atoms with van der Waals surface area (Å²) < 4.78 is 0. The largest absolute Gasteiger partial charge is 0.365 e. The molecule has 15 heavy (non-hydrogen) atoms. The van der Waals surface area contributed by atoms with Gasteiger partial charge in [-0.3, -0.25) is 0 Å². The van der Waals surface area contributed by atoms with Crippen LogP contribution >= 0.6 is 6.26 Å². The van der Waals surface area contributed by atoms with Crippen LogP contribution in [0, 0.1) is 0 Å². The van der Waals surface area contributed by atoms with Crippen molar-refractivity contribution in [3.05, 3.63) is 0 Å². The lowest BCUT2D eigenvalue weighted by atomic mass is 10.00. The van der Waals surface area contributed by atoms with Gasteiger partial charge in [-0.15, -0.1) is 0 Å². The van der Waals surface area contributed by atoms with E-state index < -0.39 is 6.26 Å². The van der Waals surface area contributed by atoms with Crippen molar-refractivity contribution in [3.63, 3.8) is 0 Å². The minimum Gasteiger partial charge on any atom is -0.365 e. The van der Waals surface area contributed by atoms with E-state index in [9.17, 15) is 4.89 Å². The van der Waals surface area contributed by atoms with Gasteiger partial charge >= 0.3 is 0 Å². The van der Waals surface area contributed by atoms with E-state index in [1.165, 1.54) is 64.2 Å². The van der Waals surface area contributed by atoms with Gasteiger partial charge in [0.05, 0.1) is 6.26 Å². The normalized spacial score (nSPS) is 26.7. The first-order chi connectivity index (χ1) is 7.21. The molecule has 0 aromatic rings. The molecule has 3 heteroatoms. The van der Waals surface area contributed by atoms with Crippen LogP contribution in [0.5, 0.6) is 0 Å². The van der Waals surface area contributed by atoms with Crippen LogP contribution in [0.3, 0.4) is 0 Å². The molecule has 0 aliphatic heterocycles. The van der Waals surface area contributed by atoms with Crippen LogP contribution in [-0.4, -0.2) is 16.2 Å². The number of hydrogen-bond donors (Lipinski definition) is 1. The highest BCUT2D eigenvalue weighted by molar-refractivity contribution is 8.12. The first-order valence-corrected chi connectivity index (χ1v) is 9.43. The van der Waals surface area contributed by atoms with Crippen LogP contribution in [0.2, 0.25) is 0 Å². The van der Waals surface area contributed by atoms with Crippen LogP contribution in [0.15, 0.2) is 0 Å². The van der Waals surface area contributed by atoms with Crippen molar-refractivity contribution >= 4 is 18.1 Å². The van der Waals surface area contributed by atoms with Gasteiger partial charge < -0.3 is 4.89 Å². The molecular formula is C12H23OPS. The summed E-state index contributed by atoms with van der Waals surface area (Å²) in [5, 5.41) is 0. The van der Waals surface area contributed by atoms with Crippen molar-refractivity contribution < 1.29 is 4.89 Å². The van der Waals surface area contributed by atoms with E-state index in [1.807, 2.05) is 0 Å². The lowest BCUT2D eigenvalue weighted by Gasteiger charge is -2.37. The predicted molar refractivity (Wildman–Crippen MR) is 70.2 cm³/mol. The van der Waals surface area contributed by atoms with Crippen LogP contribution in [0.1, 0.15) is 64.2 Å². The Morgan fingerprint density at radius 1 is 0.733 bits per heavy atom. The zero-order chi connectivity index (χ0) is 10.7. The summed E-state index contributed by atoms with van der Waals surface area (Å²) in [4.78, 5) is 10.7. The first-order valence-electron chi connectivity index (χ1n) is 6.53. The SMILES string of the molecule is OP(=S)(C1CCCCC1)C1CCCCC1. The molecule has 0 bridgehead atoms. The Labute approximate surface area is 98.7 Å². The number of hydrogen-bond acceptors (Lipinski definition) is 1. The minimum atomic E-state index is -2.01. The Hall–Kier alpha value is 0.610. The summed E-state index contributed by atoms with van der Waals surface area (Å²) in [6.07, 6.45) is 10.8. The maximum atomic E-state index is 10.7. The molecule has 0 amide bonds. The quantitative estimate of drug-likeness (QED) is 0.742. The Morgan fingerprint density at radius 2 is 1.07 bits per heavy atom. The van der Waals surface area contributed by atoms with Crippen molar-refractivity contribution in [1.29, 1.82) is 0 Å². The smallest absolute Gasteiger partial charge is 0.0694 e. The molecular weight excluding hydrogens is 223 g/mol. The van der Waals surface area contributed by atoms with Crippen molar-refractivity contribution in [2.24, 2.45) is 0 Å². The second kappa shape index (κ2) is 5.29. The molecule has 2 rings (SSSR count). The first kappa shape index (κ1) is 12.1. The summed E-state index contributed by atoms with van der Waals surface area (Å²) in [6, 6.07) is 0. The lowest BCUT2D eigenvalue weighted by Crippen LogP contribution is -2.22. The average molecular weight is 246 g/mol. The third-order valence-corrected chi connectivity index (χ3v) is 9.11. The molecule has 1 nitrogen and oxygen atoms in total. The zero-order valence-corrected chi connectivity index (χ0v) is 11.2. The molecule has 0 unspecified atom stereocenters. The van der Waals surface area contributed by atoms with Crippen molar-refractivity contribution in [2.75, 3.05) is 0 Å². The van der Waals surface area contributed by atoms with Gasteiger partial charge in [0, 0.05) is 11.3 Å². The third kappa shape index (κ3) is 2.84. The van der Waals surface area contributed by atoms with E-state index in [2.05, 4.69) is 0 Å². The third-order valence-electron chi connectivity index (χ3n) is 4.20. The van der Waals surface area contributed by atoms with Gasteiger partial charge in [0.1, 0.15) is 0 Å². The highest BCUT2D eigenvalue weighted by Crippen LogP contribution is 2.59. The molecule has 0 saturated heterocycles. The molecule has 0 radical (unpaired) electrons. The summed E-state index contributed by atoms with van der Waals surface area (Å²) in [5.74, 6) is 0. The van der Waals surface area contributed by atoms with Gasteiger partial charge in [0.2, 0.25) is 0 Å². The minimum absolute atomic E-state index is 0.518. The molecule has 2 aliphatic carbocycles. The Morgan fingerprint density at radius 3 is 1.40 bits per heavy atom. The molecule has 0 aromatic carbocycles. The monoisotopic (exact) mass is 246 g/mol. The molecule has 1 N–H and O–H groups in total. The summed E-state index contributed by atoms with van der Waals surface area (Å²) in [5.41, 5.74) is 1.04. The standard InChI is InChI=1S/C12H23OPS/c13-14(15,11-7-3-1-4-8-11)12-9-5-2-6-10-12/h11-12H,1-10H2,(H,13,15). The Bertz CT molecular complexity index is 220. The van der Waals surface area contributed by atoms with E-state index in [4.69, 9.17) is 11.8 Å². The van der Waals surface area contributed by atoms with Crippen LogP contribution in [0.25, 0.3) is 0 Å². The van der Waals surface area contributed by atoms with Gasteiger partial charge in [-0.2, -0.15) is 0 Å². The van der Waals surface area contributed by atoms with E-state index in [-0.39, 0.29) is 0 Å². The van der Waals surface area contributed by atoms with Gasteiger partial charge in [-0.25, -0.2) is 0 Å². The molecule has 0 spiro atoms. The topological polar surface area (TPSA) is 20.2 Å². The Kier molecular flexibility index (Phi) is 4.26. The van der Waals surface area contributed by atoms with Gasteiger partial charge in [0.25, 0.3) is 0 Å². The van der Waals surface area contributed by atoms with Crippen LogP contribution < -0.4 is 0 Å². The fourth-order valence-corrected chi connectivity index (χ4v) is 7.27. The molecule has 2 fully saturated rings. The molecule has 2 aliphatic rings. The van der Waals surface area contributed by atoms with Crippen LogP contribution in [-0.2, 0) is 11.8 Å². The van der Waals surface area contributed by atoms with E-state index in [0.29, 0.717) is 11.3 Å². The van der Waals surface area contributed by atoms with Crippen LogP contribution in [0.4, 0.5) is 0 Å². The van der Waals surface area contributed by atoms with E-state index in [0.717, 1.165) is 0 Å².